The molecule has 0 atom stereocenters. The summed E-state index contributed by atoms with van der Waals surface area (Å²) in [6.45, 7) is 0.239. The number of halogens is 2. The highest BCUT2D eigenvalue weighted by Crippen LogP contribution is 2.30. The minimum atomic E-state index is -3.12. The van der Waals surface area contributed by atoms with Gasteiger partial charge in [-0.25, -0.2) is 0 Å². The summed E-state index contributed by atoms with van der Waals surface area (Å²) in [4.78, 5) is 21.7. The first kappa shape index (κ1) is 12.8. The molecule has 92 valence electrons. The Morgan fingerprint density at radius 3 is 2.38 bits per heavy atom. The average molecular weight is 237 g/mol. The van der Waals surface area contributed by atoms with Crippen molar-refractivity contribution >= 4 is 11.9 Å². The lowest BCUT2D eigenvalue weighted by Gasteiger charge is -2.33. The third-order valence-electron chi connectivity index (χ3n) is 2.70. The molecule has 16 heavy (non-hydrogen) atoms. The van der Waals surface area contributed by atoms with E-state index in [0.717, 1.165) is 0 Å². The van der Waals surface area contributed by atoms with Crippen LogP contribution >= 0.6 is 0 Å². The van der Waals surface area contributed by atoms with Crippen LogP contribution < -0.4 is 5.32 Å². The number of carbonyl (C=O) groups is 2. The minimum absolute atomic E-state index is 0.214. The molecule has 0 aromatic carbocycles. The van der Waals surface area contributed by atoms with Crippen molar-refractivity contribution in [3.05, 3.63) is 0 Å². The zero-order valence-corrected chi connectivity index (χ0v) is 8.54. The van der Waals surface area contributed by atoms with E-state index in [2.05, 4.69) is 0 Å². The summed E-state index contributed by atoms with van der Waals surface area (Å²) in [7, 11) is 0. The van der Waals surface area contributed by atoms with Gasteiger partial charge in [0.1, 0.15) is 0 Å². The molecule has 1 heterocycles. The number of ether oxygens (including phenoxy) is 1. The van der Waals surface area contributed by atoms with Crippen LogP contribution in [0, 0.1) is 5.41 Å². The Morgan fingerprint density at radius 2 is 1.94 bits per heavy atom. The largest absolute Gasteiger partial charge is 0.481 e. The molecule has 1 saturated heterocycles. The molecule has 1 amide bonds. The third-order valence-corrected chi connectivity index (χ3v) is 2.70. The van der Waals surface area contributed by atoms with Gasteiger partial charge in [-0.2, -0.15) is 8.78 Å². The first-order chi connectivity index (χ1) is 7.48. The van der Waals surface area contributed by atoms with Crippen LogP contribution in [0.5, 0.6) is 0 Å². The van der Waals surface area contributed by atoms with Crippen LogP contribution in [-0.2, 0) is 14.3 Å². The number of hydrogen-bond donors (Lipinski definition) is 2. The first-order valence-corrected chi connectivity index (χ1v) is 4.85. The first-order valence-electron chi connectivity index (χ1n) is 4.85. The number of carboxylic acid groups (broad SMARTS) is 1. The monoisotopic (exact) mass is 237 g/mol. The summed E-state index contributed by atoms with van der Waals surface area (Å²) in [5.74, 6) is -2.53. The Balaban J connectivity index is 2.58. The fourth-order valence-electron chi connectivity index (χ4n) is 1.56. The molecule has 5 nitrogen and oxygen atoms in total. The highest BCUT2D eigenvalue weighted by molar-refractivity contribution is 5.81. The van der Waals surface area contributed by atoms with Gasteiger partial charge in [0, 0.05) is 19.8 Å². The van der Waals surface area contributed by atoms with Gasteiger partial charge in [0.15, 0.2) is 0 Å². The Hall–Kier alpha value is -1.24. The molecule has 0 aliphatic carbocycles. The van der Waals surface area contributed by atoms with Crippen LogP contribution in [0.1, 0.15) is 12.8 Å². The van der Waals surface area contributed by atoms with Gasteiger partial charge in [-0.15, -0.1) is 0 Å². The highest BCUT2D eigenvalue weighted by Gasteiger charge is 2.40. The van der Waals surface area contributed by atoms with E-state index in [9.17, 15) is 18.4 Å². The number of aliphatic carboxylic acids is 1. The molecule has 0 bridgehead atoms. The maximum atomic E-state index is 11.9. The number of rotatable bonds is 4. The summed E-state index contributed by atoms with van der Waals surface area (Å²) < 4.78 is 28.9. The van der Waals surface area contributed by atoms with Crippen molar-refractivity contribution in [2.45, 2.75) is 19.3 Å². The van der Waals surface area contributed by atoms with E-state index in [1.54, 1.807) is 0 Å². The van der Waals surface area contributed by atoms with Crippen LogP contribution in [0.15, 0.2) is 0 Å². The van der Waals surface area contributed by atoms with E-state index in [1.807, 2.05) is 5.32 Å². The van der Waals surface area contributed by atoms with E-state index in [0.29, 0.717) is 0 Å². The lowest BCUT2D eigenvalue weighted by molar-refractivity contribution is -0.155. The smallest absolute Gasteiger partial charge is 0.315 e. The van der Waals surface area contributed by atoms with E-state index in [-0.39, 0.29) is 32.6 Å². The SMILES string of the molecule is O=C(NCC1(C(=O)O)CCOCC1)C(F)F. The topological polar surface area (TPSA) is 75.6 Å². The van der Waals surface area contributed by atoms with Crippen molar-refractivity contribution in [3.8, 4) is 0 Å². The number of nitrogens with one attached hydrogen (secondary N) is 1. The van der Waals surface area contributed by atoms with Crippen LogP contribution in [-0.4, -0.2) is 43.2 Å². The highest BCUT2D eigenvalue weighted by atomic mass is 19.3. The molecule has 0 unspecified atom stereocenters. The zero-order valence-electron chi connectivity index (χ0n) is 8.54. The summed E-state index contributed by atoms with van der Waals surface area (Å²) in [6.07, 6.45) is -2.69. The predicted octanol–water partition coefficient (Wildman–Crippen LogP) is 0.249. The standard InChI is InChI=1S/C9H13F2NO4/c10-6(11)7(13)12-5-9(8(14)15)1-3-16-4-2-9/h6H,1-5H2,(H,12,13)(H,14,15). The Labute approximate surface area is 90.8 Å². The van der Waals surface area contributed by atoms with E-state index >= 15 is 0 Å². The Bertz CT molecular complexity index is 277. The number of alkyl halides is 2. The van der Waals surface area contributed by atoms with Crippen LogP contribution in [0.3, 0.4) is 0 Å². The van der Waals surface area contributed by atoms with E-state index in [4.69, 9.17) is 9.84 Å². The fraction of sp³-hybridized carbons (Fsp3) is 0.778. The molecule has 1 rings (SSSR count). The lowest BCUT2D eigenvalue weighted by Crippen LogP contribution is -2.47. The second-order valence-electron chi connectivity index (χ2n) is 3.72. The van der Waals surface area contributed by atoms with Crippen molar-refractivity contribution in [2.75, 3.05) is 19.8 Å². The molecule has 0 radical (unpaired) electrons. The summed E-state index contributed by atoms with van der Waals surface area (Å²) in [5, 5.41) is 11.0. The molecule has 7 heteroatoms. The normalized spacial score (nSPS) is 19.4. The molecule has 2 N–H and O–H groups in total. The molecule has 0 saturated carbocycles. The van der Waals surface area contributed by atoms with Crippen molar-refractivity contribution in [1.29, 1.82) is 0 Å². The molecule has 0 aromatic heterocycles. The molecular formula is C9H13F2NO4. The van der Waals surface area contributed by atoms with Gasteiger partial charge >= 0.3 is 12.4 Å². The second-order valence-corrected chi connectivity index (χ2v) is 3.72. The Morgan fingerprint density at radius 1 is 1.38 bits per heavy atom. The van der Waals surface area contributed by atoms with Crippen LogP contribution in [0.25, 0.3) is 0 Å². The zero-order chi connectivity index (χ0) is 12.2. The van der Waals surface area contributed by atoms with Gasteiger partial charge in [-0.05, 0) is 12.8 Å². The summed E-state index contributed by atoms with van der Waals surface area (Å²) >= 11 is 0. The second kappa shape index (κ2) is 5.20. The van der Waals surface area contributed by atoms with Gasteiger partial charge in [-0.3, -0.25) is 9.59 Å². The number of carboxylic acids is 1. The number of carbonyl (C=O) groups excluding carboxylic acids is 1. The molecule has 1 fully saturated rings. The van der Waals surface area contributed by atoms with E-state index < -0.39 is 23.7 Å². The van der Waals surface area contributed by atoms with Gasteiger partial charge in [0.05, 0.1) is 5.41 Å². The Kier molecular flexibility index (Phi) is 4.17. The quantitative estimate of drug-likeness (QED) is 0.734. The van der Waals surface area contributed by atoms with Crippen molar-refractivity contribution < 1.29 is 28.2 Å². The summed E-state index contributed by atoms with van der Waals surface area (Å²) in [6, 6.07) is 0. The number of hydrogen-bond acceptors (Lipinski definition) is 3. The minimum Gasteiger partial charge on any atom is -0.481 e. The van der Waals surface area contributed by atoms with Crippen LogP contribution in [0.4, 0.5) is 8.78 Å². The molecule has 0 aromatic rings. The predicted molar refractivity (Wildman–Crippen MR) is 49.1 cm³/mol. The van der Waals surface area contributed by atoms with E-state index in [1.165, 1.54) is 0 Å². The van der Waals surface area contributed by atoms with Crippen molar-refractivity contribution in [1.82, 2.24) is 5.32 Å². The lowest BCUT2D eigenvalue weighted by atomic mass is 9.80. The van der Waals surface area contributed by atoms with Gasteiger partial charge in [-0.1, -0.05) is 0 Å². The van der Waals surface area contributed by atoms with Crippen LogP contribution in [0.2, 0.25) is 0 Å². The molecular weight excluding hydrogens is 224 g/mol. The molecule has 1 aliphatic rings. The molecule has 0 spiro atoms. The van der Waals surface area contributed by atoms with Crippen molar-refractivity contribution in [2.24, 2.45) is 5.41 Å². The van der Waals surface area contributed by atoms with Gasteiger partial charge in [0.2, 0.25) is 0 Å². The molecule has 1 aliphatic heterocycles. The van der Waals surface area contributed by atoms with Gasteiger partial charge in [0.25, 0.3) is 5.91 Å². The summed E-state index contributed by atoms with van der Waals surface area (Å²) in [5.41, 5.74) is -1.18. The average Bonchev–Trinajstić information content (AvgIpc) is 2.26. The fourth-order valence-corrected chi connectivity index (χ4v) is 1.56. The van der Waals surface area contributed by atoms with Gasteiger partial charge < -0.3 is 15.2 Å². The number of amides is 1. The maximum absolute atomic E-state index is 11.9. The third kappa shape index (κ3) is 2.88. The van der Waals surface area contributed by atoms with Crippen molar-refractivity contribution in [3.63, 3.8) is 0 Å². The maximum Gasteiger partial charge on any atom is 0.315 e.